The number of ether oxygens (including phenoxy) is 1. The van der Waals surface area contributed by atoms with Crippen LogP contribution in [0.15, 0.2) is 11.1 Å². The zero-order valence-corrected chi connectivity index (χ0v) is 19.6. The molecule has 0 spiro atoms. The lowest BCUT2D eigenvalue weighted by Crippen LogP contribution is -2.45. The minimum absolute atomic E-state index is 0.0587. The first-order valence-corrected chi connectivity index (χ1v) is 13.6. The fourth-order valence-corrected chi connectivity index (χ4v) is 6.37. The van der Waals surface area contributed by atoms with E-state index in [-0.39, 0.29) is 23.5 Å². The molecule has 1 saturated heterocycles. The number of nitrogens with two attached hydrogens (primary N) is 1. The number of anilines is 1. The second kappa shape index (κ2) is 9.15. The number of nitrogens with one attached hydrogen (secondary N) is 1. The van der Waals surface area contributed by atoms with Gasteiger partial charge in [0.05, 0.1) is 12.9 Å². The molecule has 0 amide bonds. The summed E-state index contributed by atoms with van der Waals surface area (Å²) in [5, 5.41) is 21.2. The van der Waals surface area contributed by atoms with Gasteiger partial charge in [0.15, 0.2) is 16.9 Å². The third kappa shape index (κ3) is 5.47. The first-order chi connectivity index (χ1) is 15.5. The van der Waals surface area contributed by atoms with Gasteiger partial charge in [-0.05, 0) is 6.42 Å². The average Bonchev–Trinajstić information content (AvgIpc) is 3.18. The van der Waals surface area contributed by atoms with Crippen LogP contribution in [0.3, 0.4) is 0 Å². The number of phosphoric acid groups is 3. The van der Waals surface area contributed by atoms with Gasteiger partial charge in [0, 0.05) is 0 Å². The highest BCUT2D eigenvalue weighted by atomic mass is 31.3. The molecule has 1 fully saturated rings. The van der Waals surface area contributed by atoms with Gasteiger partial charge >= 0.3 is 23.5 Å². The van der Waals surface area contributed by atoms with Gasteiger partial charge in [-0.3, -0.25) is 18.9 Å². The summed E-state index contributed by atoms with van der Waals surface area (Å²) >= 11 is 0. The van der Waals surface area contributed by atoms with E-state index in [0.717, 1.165) is 10.9 Å². The maximum absolute atomic E-state index is 12.0. The highest BCUT2D eigenvalue weighted by molar-refractivity contribution is 7.66. The lowest BCUT2D eigenvalue weighted by atomic mass is 10.00. The van der Waals surface area contributed by atoms with Crippen molar-refractivity contribution in [2.45, 2.75) is 37.4 Å². The maximum atomic E-state index is 12.0. The van der Waals surface area contributed by atoms with Crippen LogP contribution < -0.4 is 11.3 Å². The number of aromatic nitrogens is 4. The number of nitrogen functional groups attached to an aromatic ring is 1. The molecule has 2 unspecified atom stereocenters. The van der Waals surface area contributed by atoms with Gasteiger partial charge in [-0.2, -0.15) is 13.6 Å². The Morgan fingerprint density at radius 1 is 1.21 bits per heavy atom. The lowest BCUT2D eigenvalue weighted by molar-refractivity contribution is -0.147. The molecule has 34 heavy (non-hydrogen) atoms. The zero-order valence-electron chi connectivity index (χ0n) is 16.9. The Morgan fingerprint density at radius 2 is 1.85 bits per heavy atom. The molecule has 6 atom stereocenters. The summed E-state index contributed by atoms with van der Waals surface area (Å²) in [6.07, 6.45) is -4.03. The van der Waals surface area contributed by atoms with E-state index in [1.165, 1.54) is 6.92 Å². The van der Waals surface area contributed by atoms with Crippen LogP contribution in [0.1, 0.15) is 13.3 Å². The monoisotopic (exact) mass is 551 g/mol. The lowest BCUT2D eigenvalue weighted by Gasteiger charge is -2.32. The molecule has 1 aliphatic rings. The molecule has 9 N–H and O–H groups in total. The van der Waals surface area contributed by atoms with E-state index in [1.807, 2.05) is 0 Å². The largest absolute Gasteiger partial charge is 0.490 e. The molecule has 0 radical (unpaired) electrons. The van der Waals surface area contributed by atoms with Gasteiger partial charge in [0.25, 0.3) is 5.56 Å². The van der Waals surface area contributed by atoms with Crippen molar-refractivity contribution < 1.29 is 61.4 Å². The predicted molar refractivity (Wildman–Crippen MR) is 108 cm³/mol. The van der Waals surface area contributed by atoms with E-state index in [4.69, 9.17) is 20.3 Å². The van der Waals surface area contributed by atoms with Crippen LogP contribution in [0.5, 0.6) is 0 Å². The minimum Gasteiger partial charge on any atom is -0.387 e. The number of aromatic amines is 1. The number of aliphatic hydroxyl groups excluding tert-OH is 2. The van der Waals surface area contributed by atoms with Crippen molar-refractivity contribution in [2.75, 3.05) is 12.3 Å². The van der Waals surface area contributed by atoms with E-state index in [9.17, 15) is 38.5 Å². The number of phosphoric ester groups is 1. The Labute approximate surface area is 188 Å². The van der Waals surface area contributed by atoms with Crippen LogP contribution in [0, 0.1) is 0 Å². The van der Waals surface area contributed by atoms with E-state index in [2.05, 4.69) is 28.1 Å². The number of H-pyrrole nitrogens is 1. The molecule has 3 heterocycles. The van der Waals surface area contributed by atoms with Crippen molar-refractivity contribution in [1.82, 2.24) is 19.5 Å². The predicted octanol–water partition coefficient (Wildman–Crippen LogP) is -1.77. The summed E-state index contributed by atoms with van der Waals surface area (Å²) in [4.78, 5) is 58.0. The number of hydrogen-bond donors (Lipinski definition) is 8. The number of rotatable bonds is 9. The van der Waals surface area contributed by atoms with Crippen molar-refractivity contribution in [2.24, 2.45) is 0 Å². The summed E-state index contributed by atoms with van der Waals surface area (Å²) in [7, 11) is -16.8. The van der Waals surface area contributed by atoms with Crippen molar-refractivity contribution in [3.8, 4) is 0 Å². The number of aliphatic hydroxyl groups is 2. The molecule has 1 aliphatic heterocycles. The fraction of sp³-hybridized carbons (Fsp3) is 0.583. The third-order valence-electron chi connectivity index (χ3n) is 4.68. The number of hydrogen-bond acceptors (Lipinski definition) is 13. The number of fused-ring (bicyclic) bond motifs is 1. The second-order valence-corrected chi connectivity index (χ2v) is 11.3. The van der Waals surface area contributed by atoms with Crippen molar-refractivity contribution >= 4 is 40.6 Å². The normalized spacial score (nSPS) is 29.2. The van der Waals surface area contributed by atoms with Crippen LogP contribution in [0.2, 0.25) is 0 Å². The summed E-state index contributed by atoms with van der Waals surface area (Å²) in [5.74, 6) is -0.275. The van der Waals surface area contributed by atoms with Crippen LogP contribution in [0.25, 0.3) is 11.2 Å². The summed E-state index contributed by atoms with van der Waals surface area (Å²) in [6.45, 7) is 0.509. The van der Waals surface area contributed by atoms with Crippen molar-refractivity contribution in [3.05, 3.63) is 16.7 Å². The van der Waals surface area contributed by atoms with Gasteiger partial charge in [-0.15, -0.1) is 0 Å². The van der Waals surface area contributed by atoms with Crippen LogP contribution >= 0.6 is 23.5 Å². The Balaban J connectivity index is 1.83. The smallest absolute Gasteiger partial charge is 0.387 e. The molecule has 192 valence electrons. The van der Waals surface area contributed by atoms with E-state index in [1.54, 1.807) is 0 Å². The van der Waals surface area contributed by atoms with Gasteiger partial charge in [0.1, 0.15) is 18.3 Å². The third-order valence-corrected chi connectivity index (χ3v) is 8.48. The number of imidazole rings is 1. The zero-order chi connectivity index (χ0) is 25.7. The van der Waals surface area contributed by atoms with Crippen LogP contribution in [-0.2, 0) is 37.3 Å². The Morgan fingerprint density at radius 3 is 2.44 bits per heavy atom. The standard InChI is InChI=1S/C12H20N5O14P3/c1-2-12(17-4-14-6-9(17)15-11(13)16-10(6)20)8(19)7(18)5(29-12)3-28-33(24,25)31-34(26,27)30-32(21,22)23/h4-5,7-8,18-19H,2-3H2,1H3,(H,24,25)(H,26,27)(H2,21,22,23)(H3,13,15,16,20)/t5-,7-,8-,12-/m1/s1. The van der Waals surface area contributed by atoms with E-state index in [0.29, 0.717) is 0 Å². The molecule has 3 rings (SSSR count). The van der Waals surface area contributed by atoms with Crippen LogP contribution in [-0.4, -0.2) is 74.2 Å². The quantitative estimate of drug-likeness (QED) is 0.160. The summed E-state index contributed by atoms with van der Waals surface area (Å²) < 4.78 is 52.5. The highest BCUT2D eigenvalue weighted by Gasteiger charge is 2.56. The Bertz CT molecular complexity index is 1270. The van der Waals surface area contributed by atoms with Crippen molar-refractivity contribution in [3.63, 3.8) is 0 Å². The average molecular weight is 551 g/mol. The summed E-state index contributed by atoms with van der Waals surface area (Å²) in [5.41, 5.74) is 2.78. The van der Waals surface area contributed by atoms with Gasteiger partial charge in [-0.25, -0.2) is 18.7 Å². The van der Waals surface area contributed by atoms with Gasteiger partial charge in [0.2, 0.25) is 5.95 Å². The number of nitrogens with zero attached hydrogens (tertiary/aromatic N) is 3. The molecule has 0 aromatic carbocycles. The minimum atomic E-state index is -5.75. The topological polar surface area (TPSA) is 299 Å². The molecule has 2 aromatic heterocycles. The van der Waals surface area contributed by atoms with Gasteiger partial charge < -0.3 is 40.3 Å². The van der Waals surface area contributed by atoms with E-state index >= 15 is 0 Å². The Kier molecular flexibility index (Phi) is 7.27. The molecular weight excluding hydrogens is 531 g/mol. The first kappa shape index (κ1) is 27.0. The van der Waals surface area contributed by atoms with Crippen LogP contribution in [0.4, 0.5) is 5.95 Å². The highest BCUT2D eigenvalue weighted by Crippen LogP contribution is 2.66. The van der Waals surface area contributed by atoms with E-state index < -0.39 is 59.7 Å². The second-order valence-electron chi connectivity index (χ2n) is 6.91. The molecule has 2 aromatic rings. The molecule has 0 aliphatic carbocycles. The Hall–Kier alpha value is -1.56. The first-order valence-electron chi connectivity index (χ1n) is 9.06. The molecular formula is C12H20N5O14P3. The SMILES string of the molecule is CC[C@@]1(n2cnc3c(=O)[nH]c(N)nc32)O[C@H](COP(=O)(O)OP(=O)(O)OP(=O)(O)O)[C@@H](O)[C@H]1O. The molecule has 0 saturated carbocycles. The fourth-order valence-electron chi connectivity index (χ4n) is 3.34. The van der Waals surface area contributed by atoms with Crippen molar-refractivity contribution in [1.29, 1.82) is 0 Å². The molecule has 0 bridgehead atoms. The maximum Gasteiger partial charge on any atom is 0.490 e. The molecule has 19 nitrogen and oxygen atoms in total. The molecule has 22 heteroatoms. The van der Waals surface area contributed by atoms with Gasteiger partial charge in [-0.1, -0.05) is 6.92 Å². The summed E-state index contributed by atoms with van der Waals surface area (Å²) in [6, 6.07) is 0.